The molecule has 4 aromatic rings. The van der Waals surface area contributed by atoms with E-state index < -0.39 is 49.0 Å². The van der Waals surface area contributed by atoms with E-state index in [4.69, 9.17) is 41.8 Å². The van der Waals surface area contributed by atoms with Crippen LogP contribution in [0.1, 0.15) is 38.1 Å². The van der Waals surface area contributed by atoms with Crippen LogP contribution < -0.4 is 17.0 Å². The van der Waals surface area contributed by atoms with Crippen LogP contribution in [0.5, 0.6) is 0 Å². The quantitative estimate of drug-likeness (QED) is 0.216. The number of rotatable bonds is 2. The minimum absolute atomic E-state index is 0.0366. The number of nitrogens with zero attached hydrogens (tertiary/aromatic N) is 9. The maximum absolute atomic E-state index is 15.9. The molecule has 2 unspecified atom stereocenters. The van der Waals surface area contributed by atoms with Gasteiger partial charge in [0.25, 0.3) is 5.56 Å². The van der Waals surface area contributed by atoms with Crippen LogP contribution >= 0.6 is 6.72 Å². The molecule has 41 heavy (non-hydrogen) atoms. The number of nitrogen functional groups attached to an aromatic ring is 2. The zero-order valence-electron chi connectivity index (χ0n) is 21.1. The van der Waals surface area contributed by atoms with Crippen molar-refractivity contribution in [2.75, 3.05) is 18.1 Å². The van der Waals surface area contributed by atoms with Crippen molar-refractivity contribution in [1.82, 2.24) is 49.9 Å². The van der Waals surface area contributed by atoms with Gasteiger partial charge in [-0.05, 0) is 24.6 Å². The fraction of sp³-hybridized carbons (Fsp3) is 0.600. The molecule has 7 rings (SSSR count). The lowest BCUT2D eigenvalue weighted by molar-refractivity contribution is -0.0509. The van der Waals surface area contributed by atoms with Crippen LogP contribution in [0.2, 0.25) is 0 Å². The van der Waals surface area contributed by atoms with Crippen LogP contribution in [0.4, 0.5) is 16.2 Å². The Morgan fingerprint density at radius 3 is 2.68 bits per heavy atom. The maximum Gasteiger partial charge on any atom is 0.325 e. The van der Waals surface area contributed by atoms with Crippen LogP contribution in [0, 0.1) is 5.92 Å². The molecule has 0 saturated carbocycles. The first-order valence-corrected chi connectivity index (χ1v) is 15.3. The number of aromatic amines is 1. The van der Waals surface area contributed by atoms with Crippen LogP contribution in [0.3, 0.4) is 0 Å². The van der Waals surface area contributed by atoms with Crippen LogP contribution in [0.25, 0.3) is 22.3 Å². The first-order valence-electron chi connectivity index (χ1n) is 12.7. The zero-order valence-corrected chi connectivity index (χ0v) is 22.8. The first kappa shape index (κ1) is 26.6. The molecular weight excluding hydrogens is 586 g/mol. The molecule has 3 aliphatic rings. The van der Waals surface area contributed by atoms with Gasteiger partial charge in [-0.25, -0.2) is 14.4 Å². The van der Waals surface area contributed by atoms with Crippen molar-refractivity contribution < 1.29 is 27.8 Å². The summed E-state index contributed by atoms with van der Waals surface area (Å²) in [5, 5.41) is 15.9. The molecule has 3 fully saturated rings. The molecular formula is C20H24FN12O6PS. The molecule has 3 saturated heterocycles. The highest BCUT2D eigenvalue weighted by molar-refractivity contribution is 8.07. The van der Waals surface area contributed by atoms with E-state index in [1.807, 2.05) is 0 Å². The number of fused-ring (bicyclic) bond motifs is 5. The largest absolute Gasteiger partial charge is 0.382 e. The third-order valence-corrected chi connectivity index (χ3v) is 9.06. The Bertz CT molecular complexity index is 1740. The minimum Gasteiger partial charge on any atom is -0.382 e. The van der Waals surface area contributed by atoms with Crippen molar-refractivity contribution in [2.24, 2.45) is 5.92 Å². The van der Waals surface area contributed by atoms with Gasteiger partial charge in [-0.15, -0.1) is 10.2 Å². The molecule has 21 heteroatoms. The molecule has 0 aliphatic carbocycles. The topological polar surface area (TPSA) is 242 Å². The number of nitrogens with two attached hydrogens (primary N) is 2. The molecule has 7 heterocycles. The standard InChI is InChI=1S/C20H24FN12O6PS/c21-11-8-3-1-2-7-4-9(18(37-7)33-16-13(29-31-33)17(34)27-20(23)26-16)39-40(35,41)36-5-10(8)38-19(11)32-15-12(28-30-32)14(22)24-6-25-15/h6-11,18-19H,1-5H2,(H,35,41)(H2,22,24,25)(H3,23,26,27,34)/t7?,8-,9-,10-,11+,18-,19-,40?/m1/s1. The highest BCUT2D eigenvalue weighted by Crippen LogP contribution is 2.52. The Balaban J connectivity index is 1.15. The summed E-state index contributed by atoms with van der Waals surface area (Å²) in [7, 11) is 0. The Labute approximate surface area is 233 Å². The van der Waals surface area contributed by atoms with Gasteiger partial charge in [-0.1, -0.05) is 16.8 Å². The number of anilines is 2. The van der Waals surface area contributed by atoms with E-state index in [2.05, 4.69) is 40.6 Å². The fourth-order valence-electron chi connectivity index (χ4n) is 5.62. The lowest BCUT2D eigenvalue weighted by atomic mass is 9.92. The fourth-order valence-corrected chi connectivity index (χ4v) is 7.06. The maximum atomic E-state index is 15.9. The highest BCUT2D eigenvalue weighted by atomic mass is 32.5. The first-order chi connectivity index (χ1) is 19.7. The van der Waals surface area contributed by atoms with Crippen molar-refractivity contribution in [3.8, 4) is 0 Å². The predicted octanol–water partition coefficient (Wildman–Crippen LogP) is -0.144. The average molecular weight is 611 g/mol. The monoisotopic (exact) mass is 610 g/mol. The second-order valence-corrected chi connectivity index (χ2v) is 12.8. The summed E-state index contributed by atoms with van der Waals surface area (Å²) in [6.45, 7) is -4.13. The Morgan fingerprint density at radius 1 is 1.07 bits per heavy atom. The predicted molar refractivity (Wildman–Crippen MR) is 140 cm³/mol. The SMILES string of the molecule is Nc1nc2c(nnn2[C@@H]2OC3CCC[C@H]4[C@H](F)[C@H](n5nnc6c(N)ncnc65)O[C@@H]4COP(O)(=S)O[C@@H]2C3)c(=O)[nH]1. The zero-order chi connectivity index (χ0) is 28.5. The van der Waals surface area contributed by atoms with E-state index in [-0.39, 0.29) is 46.8 Å². The summed E-state index contributed by atoms with van der Waals surface area (Å²) < 4.78 is 42.3. The second-order valence-electron chi connectivity index (χ2n) is 10.0. The number of hydrogen-bond donors (Lipinski definition) is 4. The number of ether oxygens (including phenoxy) is 2. The molecule has 18 nitrogen and oxygen atoms in total. The molecule has 6 N–H and O–H groups in total. The molecule has 0 spiro atoms. The number of halogens is 1. The van der Waals surface area contributed by atoms with Crippen LogP contribution in [-0.4, -0.2) is 85.9 Å². The van der Waals surface area contributed by atoms with Crippen molar-refractivity contribution in [3.63, 3.8) is 0 Å². The summed E-state index contributed by atoms with van der Waals surface area (Å²) in [4.78, 5) is 37.7. The lowest BCUT2D eigenvalue weighted by Gasteiger charge is -2.26. The molecule has 0 aromatic carbocycles. The summed E-state index contributed by atoms with van der Waals surface area (Å²) >= 11 is 5.31. The van der Waals surface area contributed by atoms with Crippen molar-refractivity contribution in [1.29, 1.82) is 0 Å². The molecule has 0 amide bonds. The smallest absolute Gasteiger partial charge is 0.325 e. The van der Waals surface area contributed by atoms with Crippen molar-refractivity contribution >= 4 is 52.6 Å². The van der Waals surface area contributed by atoms with Crippen LogP contribution in [0.15, 0.2) is 11.1 Å². The Morgan fingerprint density at radius 2 is 1.85 bits per heavy atom. The second kappa shape index (κ2) is 9.93. The van der Waals surface area contributed by atoms with Gasteiger partial charge in [-0.3, -0.25) is 9.78 Å². The van der Waals surface area contributed by atoms with E-state index in [0.717, 1.165) is 0 Å². The van der Waals surface area contributed by atoms with Gasteiger partial charge in [0.15, 0.2) is 46.8 Å². The van der Waals surface area contributed by atoms with Gasteiger partial charge in [0.1, 0.15) is 12.4 Å². The Hall–Kier alpha value is -3.26. The van der Waals surface area contributed by atoms with Gasteiger partial charge in [-0.2, -0.15) is 14.3 Å². The average Bonchev–Trinajstić information content (AvgIpc) is 3.68. The van der Waals surface area contributed by atoms with Gasteiger partial charge >= 0.3 is 6.72 Å². The van der Waals surface area contributed by atoms with Gasteiger partial charge in [0.05, 0.1) is 18.8 Å². The van der Waals surface area contributed by atoms with E-state index >= 15 is 4.39 Å². The number of alkyl halides is 1. The van der Waals surface area contributed by atoms with E-state index in [0.29, 0.717) is 25.7 Å². The molecule has 8 atom stereocenters. The Kier molecular flexibility index (Phi) is 6.45. The van der Waals surface area contributed by atoms with Gasteiger partial charge in [0.2, 0.25) is 5.95 Å². The van der Waals surface area contributed by atoms with Crippen LogP contribution in [-0.2, 0) is 30.3 Å². The van der Waals surface area contributed by atoms with E-state index in [1.165, 1.54) is 15.7 Å². The molecule has 2 bridgehead atoms. The van der Waals surface area contributed by atoms with Crippen molar-refractivity contribution in [3.05, 3.63) is 16.7 Å². The van der Waals surface area contributed by atoms with E-state index in [1.54, 1.807) is 0 Å². The third-order valence-electron chi connectivity index (χ3n) is 7.48. The number of hydrogen-bond acceptors (Lipinski definition) is 15. The minimum atomic E-state index is -3.89. The number of H-pyrrole nitrogens is 1. The summed E-state index contributed by atoms with van der Waals surface area (Å²) in [5.41, 5.74) is 11.5. The molecule has 218 valence electrons. The normalized spacial score (nSPS) is 34.4. The third kappa shape index (κ3) is 4.64. The van der Waals surface area contributed by atoms with Gasteiger partial charge in [0, 0.05) is 12.3 Å². The van der Waals surface area contributed by atoms with Crippen molar-refractivity contribution in [2.45, 2.75) is 62.6 Å². The molecule has 3 aliphatic heterocycles. The summed E-state index contributed by atoms with van der Waals surface area (Å²) in [6, 6.07) is 0. The molecule has 4 aromatic heterocycles. The summed E-state index contributed by atoms with van der Waals surface area (Å²) in [6.07, 6.45) is -2.47. The summed E-state index contributed by atoms with van der Waals surface area (Å²) in [5.74, 6) is -0.639. The molecule has 0 radical (unpaired) electrons. The van der Waals surface area contributed by atoms with Gasteiger partial charge < -0.3 is 34.9 Å². The van der Waals surface area contributed by atoms with E-state index in [9.17, 15) is 9.69 Å². The highest BCUT2D eigenvalue weighted by Gasteiger charge is 2.49. The number of nitrogens with one attached hydrogen (secondary N) is 1. The lowest BCUT2D eigenvalue weighted by Crippen LogP contribution is -2.28. The number of aromatic nitrogens is 10.